The Balaban J connectivity index is 1.58. The molecule has 3 aromatic carbocycles. The fourth-order valence-corrected chi connectivity index (χ4v) is 3.28. The number of carbonyl (C=O) groups excluding carboxylic acids is 2. The number of benzene rings is 3. The summed E-state index contributed by atoms with van der Waals surface area (Å²) in [5, 5.41) is 6.81. The molecular formula is C28H31N3O6. The molecule has 9 heteroatoms. The van der Waals surface area contributed by atoms with Crippen LogP contribution in [0.5, 0.6) is 23.0 Å². The number of hydrogen-bond acceptors (Lipinski definition) is 7. The Morgan fingerprint density at radius 3 is 2.22 bits per heavy atom. The van der Waals surface area contributed by atoms with Crippen molar-refractivity contribution in [3.8, 4) is 23.0 Å². The summed E-state index contributed by atoms with van der Waals surface area (Å²) in [6.07, 6.45) is 1.48. The van der Waals surface area contributed by atoms with Crippen LogP contribution >= 0.6 is 0 Å². The van der Waals surface area contributed by atoms with Crippen LogP contribution in [-0.2, 0) is 4.79 Å². The van der Waals surface area contributed by atoms with E-state index in [1.807, 2.05) is 45.0 Å². The van der Waals surface area contributed by atoms with Gasteiger partial charge in [0.2, 0.25) is 0 Å². The third-order valence-electron chi connectivity index (χ3n) is 5.07. The molecule has 0 atom stereocenters. The molecule has 2 amide bonds. The molecule has 0 unspecified atom stereocenters. The van der Waals surface area contributed by atoms with Crippen molar-refractivity contribution in [3.05, 3.63) is 77.4 Å². The van der Waals surface area contributed by atoms with Crippen molar-refractivity contribution in [1.82, 2.24) is 5.43 Å². The highest BCUT2D eigenvalue weighted by atomic mass is 16.5. The normalized spacial score (nSPS) is 10.6. The Morgan fingerprint density at radius 2 is 1.51 bits per heavy atom. The van der Waals surface area contributed by atoms with Gasteiger partial charge in [-0.05, 0) is 74.9 Å². The Labute approximate surface area is 216 Å². The molecular weight excluding hydrogens is 474 g/mol. The Hall–Kier alpha value is -4.53. The molecule has 0 fully saturated rings. The predicted octanol–water partition coefficient (Wildman–Crippen LogP) is 4.58. The van der Waals surface area contributed by atoms with Crippen molar-refractivity contribution in [1.29, 1.82) is 0 Å². The lowest BCUT2D eigenvalue weighted by Crippen LogP contribution is -2.20. The number of amides is 2. The second kappa shape index (κ2) is 13.5. The minimum Gasteiger partial charge on any atom is -0.493 e. The maximum Gasteiger partial charge on any atom is 0.271 e. The van der Waals surface area contributed by atoms with E-state index in [9.17, 15) is 9.59 Å². The summed E-state index contributed by atoms with van der Waals surface area (Å²) in [5.41, 5.74) is 5.34. The van der Waals surface area contributed by atoms with E-state index in [4.69, 9.17) is 18.9 Å². The lowest BCUT2D eigenvalue weighted by Gasteiger charge is -2.12. The number of anilines is 1. The van der Waals surface area contributed by atoms with Gasteiger partial charge < -0.3 is 24.3 Å². The maximum absolute atomic E-state index is 12.5. The molecule has 194 valence electrons. The van der Waals surface area contributed by atoms with Crippen molar-refractivity contribution in [2.45, 2.75) is 20.8 Å². The monoisotopic (exact) mass is 505 g/mol. The molecule has 37 heavy (non-hydrogen) atoms. The first-order chi connectivity index (χ1) is 17.9. The average Bonchev–Trinajstić information content (AvgIpc) is 2.90. The van der Waals surface area contributed by atoms with Gasteiger partial charge in [-0.2, -0.15) is 5.10 Å². The molecule has 3 aromatic rings. The molecule has 0 aliphatic carbocycles. The maximum atomic E-state index is 12.5. The number of carbonyl (C=O) groups is 2. The van der Waals surface area contributed by atoms with Gasteiger partial charge in [0.1, 0.15) is 0 Å². The number of ether oxygens (including phenoxy) is 4. The zero-order valence-corrected chi connectivity index (χ0v) is 21.4. The van der Waals surface area contributed by atoms with Crippen LogP contribution in [0.4, 0.5) is 5.69 Å². The second-order valence-electron chi connectivity index (χ2n) is 7.84. The Bertz CT molecular complexity index is 1240. The molecule has 9 nitrogen and oxygen atoms in total. The summed E-state index contributed by atoms with van der Waals surface area (Å²) >= 11 is 0. The molecule has 0 radical (unpaired) electrons. The molecule has 0 aliphatic heterocycles. The van der Waals surface area contributed by atoms with Crippen LogP contribution in [-0.4, -0.2) is 45.0 Å². The van der Waals surface area contributed by atoms with Crippen molar-refractivity contribution in [2.75, 3.05) is 32.2 Å². The highest BCUT2D eigenvalue weighted by Crippen LogP contribution is 2.29. The highest BCUT2D eigenvalue weighted by Gasteiger charge is 2.12. The van der Waals surface area contributed by atoms with Crippen LogP contribution in [0.2, 0.25) is 0 Å². The van der Waals surface area contributed by atoms with Gasteiger partial charge in [0, 0.05) is 11.3 Å². The quantitative estimate of drug-likeness (QED) is 0.276. The van der Waals surface area contributed by atoms with Crippen LogP contribution in [0.3, 0.4) is 0 Å². The van der Waals surface area contributed by atoms with E-state index < -0.39 is 5.91 Å². The van der Waals surface area contributed by atoms with Gasteiger partial charge in [0.15, 0.2) is 29.6 Å². The minimum absolute atomic E-state index is 0.181. The third-order valence-corrected chi connectivity index (χ3v) is 5.07. The Morgan fingerprint density at radius 1 is 0.838 bits per heavy atom. The number of hydrazone groups is 1. The summed E-state index contributed by atoms with van der Waals surface area (Å²) in [6.45, 7) is 6.47. The zero-order chi connectivity index (χ0) is 26.6. The van der Waals surface area contributed by atoms with Crippen LogP contribution in [0.1, 0.15) is 35.3 Å². The van der Waals surface area contributed by atoms with E-state index in [1.54, 1.807) is 36.4 Å². The number of nitrogens with one attached hydrogen (secondary N) is 2. The second-order valence-corrected chi connectivity index (χ2v) is 7.84. The topological polar surface area (TPSA) is 107 Å². The number of methoxy groups -OCH3 is 1. The predicted molar refractivity (Wildman–Crippen MR) is 142 cm³/mol. The number of aryl methyl sites for hydroxylation is 1. The molecule has 0 heterocycles. The van der Waals surface area contributed by atoms with Gasteiger partial charge in [-0.3, -0.25) is 9.59 Å². The first kappa shape index (κ1) is 27.1. The van der Waals surface area contributed by atoms with Gasteiger partial charge in [0.25, 0.3) is 11.8 Å². The zero-order valence-electron chi connectivity index (χ0n) is 21.4. The molecule has 3 rings (SSSR count). The van der Waals surface area contributed by atoms with E-state index in [-0.39, 0.29) is 12.5 Å². The van der Waals surface area contributed by atoms with Crippen LogP contribution in [0.25, 0.3) is 0 Å². The van der Waals surface area contributed by atoms with Crippen LogP contribution < -0.4 is 29.7 Å². The average molecular weight is 506 g/mol. The van der Waals surface area contributed by atoms with E-state index in [0.29, 0.717) is 53.0 Å². The molecule has 0 aromatic heterocycles. The lowest BCUT2D eigenvalue weighted by atomic mass is 10.2. The van der Waals surface area contributed by atoms with Crippen molar-refractivity contribution >= 4 is 23.7 Å². The van der Waals surface area contributed by atoms with E-state index in [0.717, 1.165) is 5.56 Å². The molecule has 0 saturated heterocycles. The van der Waals surface area contributed by atoms with Gasteiger partial charge in [-0.25, -0.2) is 5.43 Å². The van der Waals surface area contributed by atoms with Crippen LogP contribution in [0, 0.1) is 6.92 Å². The van der Waals surface area contributed by atoms with Gasteiger partial charge in [0.05, 0.1) is 26.5 Å². The Kier molecular flexibility index (Phi) is 9.90. The summed E-state index contributed by atoms with van der Waals surface area (Å²) in [6, 6.07) is 17.5. The summed E-state index contributed by atoms with van der Waals surface area (Å²) < 4.78 is 22.1. The van der Waals surface area contributed by atoms with Crippen molar-refractivity contribution in [2.24, 2.45) is 5.10 Å². The first-order valence-electron chi connectivity index (χ1n) is 11.8. The first-order valence-corrected chi connectivity index (χ1v) is 11.8. The number of nitrogens with zero attached hydrogens (tertiary/aromatic N) is 1. The highest BCUT2D eigenvalue weighted by molar-refractivity contribution is 5.95. The van der Waals surface area contributed by atoms with Crippen molar-refractivity contribution < 1.29 is 28.5 Å². The standard InChI is InChI=1S/C28H31N3O6/c1-5-35-24-14-10-21(16-26(24)36-6-2)28(33)31-29-17-20-9-13-23(25(15-20)34-4)37-18-27(32)30-22-11-7-19(3)8-12-22/h7-17H,5-6,18H2,1-4H3,(H,30,32)(H,31,33)/b29-17+. The smallest absolute Gasteiger partial charge is 0.271 e. The molecule has 0 bridgehead atoms. The molecule has 0 saturated carbocycles. The lowest BCUT2D eigenvalue weighted by molar-refractivity contribution is -0.118. The summed E-state index contributed by atoms with van der Waals surface area (Å²) in [5.74, 6) is 1.21. The van der Waals surface area contributed by atoms with Crippen molar-refractivity contribution in [3.63, 3.8) is 0 Å². The summed E-state index contributed by atoms with van der Waals surface area (Å²) in [4.78, 5) is 24.7. The minimum atomic E-state index is -0.397. The fourth-order valence-electron chi connectivity index (χ4n) is 3.28. The molecule has 0 aliphatic rings. The van der Waals surface area contributed by atoms with Gasteiger partial charge in [-0.15, -0.1) is 0 Å². The third kappa shape index (κ3) is 7.99. The van der Waals surface area contributed by atoms with E-state index in [2.05, 4.69) is 15.8 Å². The molecule has 0 spiro atoms. The number of rotatable bonds is 12. The number of hydrogen-bond donors (Lipinski definition) is 2. The summed E-state index contributed by atoms with van der Waals surface area (Å²) in [7, 11) is 1.50. The van der Waals surface area contributed by atoms with E-state index in [1.165, 1.54) is 13.3 Å². The fraction of sp³-hybridized carbons (Fsp3) is 0.250. The van der Waals surface area contributed by atoms with Gasteiger partial charge in [-0.1, -0.05) is 17.7 Å². The molecule has 2 N–H and O–H groups in total. The largest absolute Gasteiger partial charge is 0.493 e. The van der Waals surface area contributed by atoms with E-state index >= 15 is 0 Å². The van der Waals surface area contributed by atoms with Gasteiger partial charge >= 0.3 is 0 Å². The van der Waals surface area contributed by atoms with Crippen LogP contribution in [0.15, 0.2) is 65.8 Å². The SMILES string of the molecule is CCOc1ccc(C(=O)N/N=C/c2ccc(OCC(=O)Nc3ccc(C)cc3)c(OC)c2)cc1OCC.